The zero-order chi connectivity index (χ0) is 13.8. The summed E-state index contributed by atoms with van der Waals surface area (Å²) in [5.74, 6) is 0. The summed E-state index contributed by atoms with van der Waals surface area (Å²) >= 11 is 1.89. The third kappa shape index (κ3) is 1.61. The fraction of sp³-hybridized carbons (Fsp3) is 0. The van der Waals surface area contributed by atoms with Crippen molar-refractivity contribution in [2.45, 2.75) is 0 Å². The third-order valence-corrected chi connectivity index (χ3v) is 5.32. The van der Waals surface area contributed by atoms with Gasteiger partial charge in [-0.1, -0.05) is 48.5 Å². The average molecular weight is 284 g/mol. The Morgan fingerprint density at radius 1 is 0.476 bits per heavy atom. The smallest absolute Gasteiger partial charge is 0.0361 e. The van der Waals surface area contributed by atoms with Crippen LogP contribution in [0.15, 0.2) is 72.8 Å². The highest BCUT2D eigenvalue weighted by molar-refractivity contribution is 7.26. The van der Waals surface area contributed by atoms with Gasteiger partial charge in [0.05, 0.1) is 0 Å². The zero-order valence-electron chi connectivity index (χ0n) is 11.3. The molecule has 4 aromatic carbocycles. The molecule has 0 spiro atoms. The van der Waals surface area contributed by atoms with E-state index in [0.29, 0.717) is 0 Å². The van der Waals surface area contributed by atoms with Gasteiger partial charge in [0.1, 0.15) is 0 Å². The Hall–Kier alpha value is -2.38. The second-order valence-electron chi connectivity index (χ2n) is 5.49. The molecule has 21 heavy (non-hydrogen) atoms. The standard InChI is InChI=1S/C20H12S/c1-3-7-15-11-19-17(9-13(15)5-1)18-10-14-6-2-4-8-16(14)12-20(18)21-19/h1-12H. The minimum Gasteiger partial charge on any atom is -0.135 e. The summed E-state index contributed by atoms with van der Waals surface area (Å²) in [6, 6.07) is 26.5. The van der Waals surface area contributed by atoms with Gasteiger partial charge in [-0.3, -0.25) is 0 Å². The lowest BCUT2D eigenvalue weighted by Crippen LogP contribution is -1.73. The van der Waals surface area contributed by atoms with Crippen LogP contribution in [0, 0.1) is 0 Å². The van der Waals surface area contributed by atoms with E-state index in [1.165, 1.54) is 41.7 Å². The molecule has 0 aliphatic rings. The molecule has 0 nitrogen and oxygen atoms in total. The fourth-order valence-corrected chi connectivity index (χ4v) is 4.31. The summed E-state index contributed by atoms with van der Waals surface area (Å²) in [6.07, 6.45) is 0. The lowest BCUT2D eigenvalue weighted by molar-refractivity contribution is 1.81. The van der Waals surface area contributed by atoms with E-state index in [0.717, 1.165) is 0 Å². The van der Waals surface area contributed by atoms with Crippen molar-refractivity contribution in [3.63, 3.8) is 0 Å². The molecule has 0 unspecified atom stereocenters. The maximum absolute atomic E-state index is 2.33. The second kappa shape index (κ2) is 4.06. The van der Waals surface area contributed by atoms with Crippen molar-refractivity contribution in [2.75, 3.05) is 0 Å². The molecule has 1 heteroatoms. The number of fused-ring (bicyclic) bond motifs is 5. The van der Waals surface area contributed by atoms with Gasteiger partial charge in [-0.2, -0.15) is 0 Å². The van der Waals surface area contributed by atoms with Crippen LogP contribution in [-0.2, 0) is 0 Å². The molecule has 0 radical (unpaired) electrons. The molecular weight excluding hydrogens is 272 g/mol. The first-order chi connectivity index (χ1) is 10.4. The molecule has 1 heterocycles. The molecule has 0 bridgehead atoms. The number of benzene rings is 4. The van der Waals surface area contributed by atoms with E-state index in [-0.39, 0.29) is 0 Å². The van der Waals surface area contributed by atoms with Crippen molar-refractivity contribution in [1.82, 2.24) is 0 Å². The molecule has 0 aliphatic carbocycles. The molecule has 0 amide bonds. The number of thiophene rings is 1. The van der Waals surface area contributed by atoms with Crippen molar-refractivity contribution in [1.29, 1.82) is 0 Å². The van der Waals surface area contributed by atoms with Crippen LogP contribution in [0.25, 0.3) is 41.7 Å². The quantitative estimate of drug-likeness (QED) is 0.310. The molecule has 0 saturated heterocycles. The van der Waals surface area contributed by atoms with Crippen LogP contribution in [0.4, 0.5) is 0 Å². The monoisotopic (exact) mass is 284 g/mol. The van der Waals surface area contributed by atoms with Crippen LogP contribution in [-0.4, -0.2) is 0 Å². The first kappa shape index (κ1) is 11.3. The lowest BCUT2D eigenvalue weighted by Gasteiger charge is -1.99. The van der Waals surface area contributed by atoms with Crippen LogP contribution in [0.3, 0.4) is 0 Å². The van der Waals surface area contributed by atoms with Gasteiger partial charge in [0.2, 0.25) is 0 Å². The molecule has 0 N–H and O–H groups in total. The van der Waals surface area contributed by atoms with Crippen molar-refractivity contribution >= 4 is 53.1 Å². The van der Waals surface area contributed by atoms with Crippen molar-refractivity contribution in [2.24, 2.45) is 0 Å². The van der Waals surface area contributed by atoms with Crippen LogP contribution >= 0.6 is 11.3 Å². The zero-order valence-corrected chi connectivity index (χ0v) is 12.2. The Morgan fingerprint density at radius 3 is 1.29 bits per heavy atom. The first-order valence-electron chi connectivity index (χ1n) is 7.12. The van der Waals surface area contributed by atoms with E-state index in [9.17, 15) is 0 Å². The first-order valence-corrected chi connectivity index (χ1v) is 7.94. The fourth-order valence-electron chi connectivity index (χ4n) is 3.15. The normalized spacial score (nSPS) is 11.8. The molecule has 0 saturated carbocycles. The number of hydrogen-bond donors (Lipinski definition) is 0. The molecule has 98 valence electrons. The molecule has 1 aromatic heterocycles. The molecule has 5 aromatic rings. The molecule has 0 atom stereocenters. The highest BCUT2D eigenvalue weighted by Crippen LogP contribution is 2.38. The van der Waals surface area contributed by atoms with Crippen molar-refractivity contribution in [3.8, 4) is 0 Å². The van der Waals surface area contributed by atoms with Gasteiger partial charge in [0.15, 0.2) is 0 Å². The Morgan fingerprint density at radius 2 is 0.857 bits per heavy atom. The molecular formula is C20H12S. The highest BCUT2D eigenvalue weighted by atomic mass is 32.1. The minimum atomic E-state index is 1.32. The Balaban J connectivity index is 2.01. The Kier molecular flexibility index (Phi) is 2.18. The van der Waals surface area contributed by atoms with Gasteiger partial charge >= 0.3 is 0 Å². The van der Waals surface area contributed by atoms with Crippen molar-refractivity contribution in [3.05, 3.63) is 72.8 Å². The average Bonchev–Trinajstić information content (AvgIpc) is 2.87. The highest BCUT2D eigenvalue weighted by Gasteiger charge is 2.07. The molecule has 0 aliphatic heterocycles. The van der Waals surface area contributed by atoms with Crippen LogP contribution < -0.4 is 0 Å². The van der Waals surface area contributed by atoms with Gasteiger partial charge in [-0.25, -0.2) is 0 Å². The third-order valence-electron chi connectivity index (χ3n) is 4.21. The van der Waals surface area contributed by atoms with Gasteiger partial charge in [0, 0.05) is 20.2 Å². The molecule has 0 fully saturated rings. The van der Waals surface area contributed by atoms with Gasteiger partial charge in [0.25, 0.3) is 0 Å². The van der Waals surface area contributed by atoms with E-state index in [4.69, 9.17) is 0 Å². The lowest BCUT2D eigenvalue weighted by atomic mass is 10.0. The number of hydrogen-bond acceptors (Lipinski definition) is 1. The van der Waals surface area contributed by atoms with Gasteiger partial charge in [-0.15, -0.1) is 11.3 Å². The summed E-state index contributed by atoms with van der Waals surface area (Å²) in [7, 11) is 0. The van der Waals surface area contributed by atoms with E-state index >= 15 is 0 Å². The maximum atomic E-state index is 2.33. The predicted molar refractivity (Wildman–Crippen MR) is 94.3 cm³/mol. The van der Waals surface area contributed by atoms with Gasteiger partial charge in [-0.05, 0) is 45.8 Å². The van der Waals surface area contributed by atoms with E-state index in [2.05, 4.69) is 72.8 Å². The van der Waals surface area contributed by atoms with Crippen LogP contribution in [0.1, 0.15) is 0 Å². The summed E-state index contributed by atoms with van der Waals surface area (Å²) < 4.78 is 2.75. The minimum absolute atomic E-state index is 1.32. The predicted octanol–water partition coefficient (Wildman–Crippen LogP) is 6.36. The van der Waals surface area contributed by atoms with E-state index in [1.54, 1.807) is 0 Å². The maximum Gasteiger partial charge on any atom is 0.0361 e. The van der Waals surface area contributed by atoms with Crippen molar-refractivity contribution < 1.29 is 0 Å². The van der Waals surface area contributed by atoms with E-state index in [1.807, 2.05) is 11.3 Å². The second-order valence-corrected chi connectivity index (χ2v) is 6.58. The topological polar surface area (TPSA) is 0 Å². The largest absolute Gasteiger partial charge is 0.135 e. The van der Waals surface area contributed by atoms with Crippen LogP contribution in [0.2, 0.25) is 0 Å². The Bertz CT molecular complexity index is 1040. The summed E-state index contributed by atoms with van der Waals surface area (Å²) in [5.41, 5.74) is 0. The summed E-state index contributed by atoms with van der Waals surface area (Å²) in [4.78, 5) is 0. The van der Waals surface area contributed by atoms with Crippen LogP contribution in [0.5, 0.6) is 0 Å². The number of rotatable bonds is 0. The summed E-state index contributed by atoms with van der Waals surface area (Å²) in [5, 5.41) is 8.02. The van der Waals surface area contributed by atoms with E-state index < -0.39 is 0 Å². The Labute approximate surface area is 126 Å². The summed E-state index contributed by atoms with van der Waals surface area (Å²) in [6.45, 7) is 0. The SMILES string of the molecule is c1ccc2cc3c(cc2c1)sc1cc2ccccc2cc13. The van der Waals surface area contributed by atoms with Gasteiger partial charge < -0.3 is 0 Å². The molecule has 5 rings (SSSR count).